The van der Waals surface area contributed by atoms with E-state index in [1.165, 1.54) is 22.9 Å². The first-order valence-corrected chi connectivity index (χ1v) is 9.43. The Morgan fingerprint density at radius 1 is 1.19 bits per heavy atom. The molecule has 2 aromatic heterocycles. The number of carbonyl (C=O) groups excluding carboxylic acids is 1. The largest absolute Gasteiger partial charge is 0.467 e. The van der Waals surface area contributed by atoms with E-state index in [-0.39, 0.29) is 5.91 Å². The Labute approximate surface area is 157 Å². The van der Waals surface area contributed by atoms with Gasteiger partial charge in [-0.05, 0) is 56.2 Å². The molecule has 136 valence electrons. The molecular formula is C19H22N4O2S. The van der Waals surface area contributed by atoms with Crippen LogP contribution in [0.15, 0.2) is 46.2 Å². The average Bonchev–Trinajstić information content (AvgIpc) is 3.23. The maximum Gasteiger partial charge on any atom is 0.225 e. The molecule has 0 unspecified atom stereocenters. The number of hydrogen-bond acceptors (Lipinski definition) is 5. The van der Waals surface area contributed by atoms with Gasteiger partial charge in [0.15, 0.2) is 5.16 Å². The highest BCUT2D eigenvalue weighted by Gasteiger charge is 2.12. The Hall–Kier alpha value is -2.54. The molecule has 0 atom stereocenters. The first-order chi connectivity index (χ1) is 12.5. The number of nitrogens with one attached hydrogen (secondary N) is 1. The quantitative estimate of drug-likeness (QED) is 0.637. The van der Waals surface area contributed by atoms with E-state index < -0.39 is 0 Å². The highest BCUT2D eigenvalue weighted by atomic mass is 32.2. The van der Waals surface area contributed by atoms with Gasteiger partial charge < -0.3 is 9.73 Å². The minimum atomic E-state index is -0.00502. The van der Waals surface area contributed by atoms with Crippen LogP contribution in [-0.4, -0.2) is 26.4 Å². The maximum absolute atomic E-state index is 12.2. The number of aromatic nitrogens is 3. The van der Waals surface area contributed by atoms with Gasteiger partial charge in [0.1, 0.15) is 11.6 Å². The number of amides is 1. The highest BCUT2D eigenvalue weighted by molar-refractivity contribution is 7.99. The first-order valence-electron chi connectivity index (χ1n) is 8.45. The van der Waals surface area contributed by atoms with Crippen LogP contribution in [0.2, 0.25) is 0 Å². The molecule has 0 saturated carbocycles. The zero-order valence-electron chi connectivity index (χ0n) is 15.2. The Morgan fingerprint density at radius 2 is 2.04 bits per heavy atom. The molecule has 0 saturated heterocycles. The van der Waals surface area contributed by atoms with E-state index in [2.05, 4.69) is 22.4 Å². The summed E-state index contributed by atoms with van der Waals surface area (Å²) in [5, 5.41) is 12.1. The number of benzene rings is 1. The van der Waals surface area contributed by atoms with Gasteiger partial charge in [-0.25, -0.2) is 0 Å². The van der Waals surface area contributed by atoms with Gasteiger partial charge >= 0.3 is 0 Å². The van der Waals surface area contributed by atoms with Crippen molar-refractivity contribution in [3.63, 3.8) is 0 Å². The molecule has 1 N–H and O–H groups in total. The van der Waals surface area contributed by atoms with Crippen molar-refractivity contribution in [2.45, 2.75) is 38.9 Å². The molecule has 1 aromatic carbocycles. The van der Waals surface area contributed by atoms with E-state index in [1.807, 2.05) is 48.7 Å². The van der Waals surface area contributed by atoms with Crippen molar-refractivity contribution in [1.29, 1.82) is 0 Å². The van der Waals surface area contributed by atoms with Crippen molar-refractivity contribution in [3.05, 3.63) is 59.3 Å². The third kappa shape index (κ3) is 4.54. The maximum atomic E-state index is 12.2. The van der Waals surface area contributed by atoms with E-state index in [0.29, 0.717) is 18.7 Å². The third-order valence-corrected chi connectivity index (χ3v) is 5.12. The summed E-state index contributed by atoms with van der Waals surface area (Å²) in [6.45, 7) is 6.59. The van der Waals surface area contributed by atoms with Crippen LogP contribution in [0.1, 0.15) is 29.1 Å². The third-order valence-electron chi connectivity index (χ3n) is 4.15. The monoisotopic (exact) mass is 370 g/mol. The Kier molecular flexibility index (Phi) is 5.78. The molecule has 3 rings (SSSR count). The molecular weight excluding hydrogens is 348 g/mol. The second kappa shape index (κ2) is 8.23. The zero-order chi connectivity index (χ0) is 18.5. The summed E-state index contributed by atoms with van der Waals surface area (Å²) in [7, 11) is 0. The minimum Gasteiger partial charge on any atom is -0.467 e. The zero-order valence-corrected chi connectivity index (χ0v) is 16.0. The molecule has 0 aliphatic rings. The van der Waals surface area contributed by atoms with Crippen molar-refractivity contribution >= 4 is 23.4 Å². The molecule has 0 bridgehead atoms. The summed E-state index contributed by atoms with van der Waals surface area (Å²) in [5.41, 5.74) is 3.21. The smallest absolute Gasteiger partial charge is 0.225 e. The highest BCUT2D eigenvalue weighted by Crippen LogP contribution is 2.20. The Balaban J connectivity index is 1.53. The number of rotatable bonds is 7. The molecule has 26 heavy (non-hydrogen) atoms. The summed E-state index contributed by atoms with van der Waals surface area (Å²) in [4.78, 5) is 12.2. The summed E-state index contributed by atoms with van der Waals surface area (Å²) in [5.74, 6) is 2.30. The van der Waals surface area contributed by atoms with Crippen LogP contribution in [0.4, 0.5) is 5.69 Å². The second-order valence-corrected chi connectivity index (χ2v) is 7.20. The van der Waals surface area contributed by atoms with E-state index in [9.17, 15) is 4.79 Å². The van der Waals surface area contributed by atoms with Crippen LogP contribution in [0.25, 0.3) is 0 Å². The lowest BCUT2D eigenvalue weighted by atomic mass is 10.1. The second-order valence-electron chi connectivity index (χ2n) is 6.14. The number of aryl methyl sites for hydroxylation is 3. The van der Waals surface area contributed by atoms with Crippen molar-refractivity contribution in [1.82, 2.24) is 14.8 Å². The van der Waals surface area contributed by atoms with Gasteiger partial charge in [-0.2, -0.15) is 0 Å². The van der Waals surface area contributed by atoms with Gasteiger partial charge in [0.25, 0.3) is 0 Å². The minimum absolute atomic E-state index is 0.00502. The number of carbonyl (C=O) groups is 1. The van der Waals surface area contributed by atoms with Gasteiger partial charge in [-0.15, -0.1) is 10.2 Å². The number of furan rings is 1. The van der Waals surface area contributed by atoms with Crippen LogP contribution < -0.4 is 5.32 Å². The van der Waals surface area contributed by atoms with Gasteiger partial charge in [0, 0.05) is 17.9 Å². The molecule has 1 amide bonds. The van der Waals surface area contributed by atoms with Gasteiger partial charge in [-0.1, -0.05) is 17.8 Å². The fourth-order valence-corrected chi connectivity index (χ4v) is 3.41. The topological polar surface area (TPSA) is 73.0 Å². The summed E-state index contributed by atoms with van der Waals surface area (Å²) < 4.78 is 7.38. The molecule has 0 radical (unpaired) electrons. The van der Waals surface area contributed by atoms with E-state index in [0.717, 1.165) is 22.4 Å². The SMILES string of the molecule is Cc1ccc(NC(=O)CCSc2nnc(C)n2Cc2ccco2)cc1C. The van der Waals surface area contributed by atoms with Crippen molar-refractivity contribution in [2.75, 3.05) is 11.1 Å². The van der Waals surface area contributed by atoms with Gasteiger partial charge in [0.2, 0.25) is 5.91 Å². The predicted octanol–water partition coefficient (Wildman–Crippen LogP) is 3.97. The van der Waals surface area contributed by atoms with Crippen LogP contribution in [0, 0.1) is 20.8 Å². The van der Waals surface area contributed by atoms with Crippen molar-refractivity contribution < 1.29 is 9.21 Å². The summed E-state index contributed by atoms with van der Waals surface area (Å²) >= 11 is 1.52. The van der Waals surface area contributed by atoms with Gasteiger partial charge in [-0.3, -0.25) is 9.36 Å². The fourth-order valence-electron chi connectivity index (χ4n) is 2.49. The Morgan fingerprint density at radius 3 is 2.77 bits per heavy atom. The van der Waals surface area contributed by atoms with Crippen LogP contribution in [-0.2, 0) is 11.3 Å². The molecule has 3 aromatic rings. The molecule has 0 aliphatic carbocycles. The van der Waals surface area contributed by atoms with Gasteiger partial charge in [0.05, 0.1) is 12.8 Å². The van der Waals surface area contributed by atoms with E-state index in [4.69, 9.17) is 4.42 Å². The van der Waals surface area contributed by atoms with Crippen LogP contribution in [0.5, 0.6) is 0 Å². The summed E-state index contributed by atoms with van der Waals surface area (Å²) in [6, 6.07) is 9.71. The molecule has 2 heterocycles. The standard InChI is InChI=1S/C19H22N4O2S/c1-13-6-7-16(11-14(13)2)20-18(24)8-10-26-19-22-21-15(3)23(19)12-17-5-4-9-25-17/h4-7,9,11H,8,10,12H2,1-3H3,(H,20,24). The van der Waals surface area contributed by atoms with Crippen molar-refractivity contribution in [3.8, 4) is 0 Å². The number of thioether (sulfide) groups is 1. The normalized spacial score (nSPS) is 10.9. The molecule has 0 fully saturated rings. The summed E-state index contributed by atoms with van der Waals surface area (Å²) in [6.07, 6.45) is 2.06. The number of hydrogen-bond donors (Lipinski definition) is 1. The lowest BCUT2D eigenvalue weighted by molar-refractivity contribution is -0.115. The average molecular weight is 370 g/mol. The van der Waals surface area contributed by atoms with Crippen molar-refractivity contribution in [2.24, 2.45) is 0 Å². The molecule has 0 spiro atoms. The van der Waals surface area contributed by atoms with E-state index in [1.54, 1.807) is 6.26 Å². The van der Waals surface area contributed by atoms with E-state index >= 15 is 0 Å². The predicted molar refractivity (Wildman–Crippen MR) is 102 cm³/mol. The molecule has 7 heteroatoms. The lowest BCUT2D eigenvalue weighted by Gasteiger charge is -2.08. The number of anilines is 1. The lowest BCUT2D eigenvalue weighted by Crippen LogP contribution is -2.12. The molecule has 6 nitrogen and oxygen atoms in total. The van der Waals surface area contributed by atoms with Crippen LogP contribution in [0.3, 0.4) is 0 Å². The first kappa shape index (κ1) is 18.3. The molecule has 0 aliphatic heterocycles. The fraction of sp³-hybridized carbons (Fsp3) is 0.316. The van der Waals surface area contributed by atoms with Crippen LogP contribution >= 0.6 is 11.8 Å². The Bertz CT molecular complexity index is 887. The number of nitrogens with zero attached hydrogens (tertiary/aromatic N) is 3.